The number of thiophene rings is 1. The second-order valence-electron chi connectivity index (χ2n) is 4.24. The van der Waals surface area contributed by atoms with Gasteiger partial charge < -0.3 is 14.5 Å². The molecule has 3 aromatic rings. The van der Waals surface area contributed by atoms with Crippen molar-refractivity contribution in [3.8, 4) is 16.5 Å². The van der Waals surface area contributed by atoms with E-state index in [4.69, 9.17) is 9.15 Å². The number of aromatic nitrogens is 3. The first-order chi connectivity index (χ1) is 10.8. The van der Waals surface area contributed by atoms with Gasteiger partial charge in [-0.3, -0.25) is 9.78 Å². The number of ether oxygens (including phenoxy) is 1. The Morgan fingerprint density at radius 2 is 2.32 bits per heavy atom. The lowest BCUT2D eigenvalue weighted by molar-refractivity contribution is 0.0944. The standard InChI is InChI=1S/C14H12N4O3S/c1-20-10-7-15-5-4-9(10)13(19)16-8-12-17-18-14(21-12)11-3-2-6-22-11/h2-7H,8H2,1H3,(H,16,19). The van der Waals surface area contributed by atoms with Gasteiger partial charge in [0.1, 0.15) is 5.75 Å². The van der Waals surface area contributed by atoms with Crippen molar-refractivity contribution in [2.24, 2.45) is 0 Å². The normalized spacial score (nSPS) is 10.4. The van der Waals surface area contributed by atoms with E-state index in [9.17, 15) is 4.79 Å². The lowest BCUT2D eigenvalue weighted by Gasteiger charge is -2.06. The molecule has 1 N–H and O–H groups in total. The number of rotatable bonds is 5. The van der Waals surface area contributed by atoms with Crippen molar-refractivity contribution in [1.82, 2.24) is 20.5 Å². The van der Waals surface area contributed by atoms with Gasteiger partial charge in [0, 0.05) is 6.20 Å². The van der Waals surface area contributed by atoms with Crippen LogP contribution in [0.15, 0.2) is 40.4 Å². The van der Waals surface area contributed by atoms with Crippen LogP contribution in [0.5, 0.6) is 5.75 Å². The number of carbonyl (C=O) groups excluding carboxylic acids is 1. The highest BCUT2D eigenvalue weighted by Gasteiger charge is 2.14. The summed E-state index contributed by atoms with van der Waals surface area (Å²) in [6, 6.07) is 5.38. The van der Waals surface area contributed by atoms with Gasteiger partial charge in [-0.1, -0.05) is 6.07 Å². The fourth-order valence-electron chi connectivity index (χ4n) is 1.81. The Morgan fingerprint density at radius 1 is 1.41 bits per heavy atom. The van der Waals surface area contributed by atoms with Crippen LogP contribution in [0, 0.1) is 0 Å². The van der Waals surface area contributed by atoms with Crippen LogP contribution in [0.1, 0.15) is 16.2 Å². The Hall–Kier alpha value is -2.74. The van der Waals surface area contributed by atoms with Crippen LogP contribution in [0.3, 0.4) is 0 Å². The molecule has 0 fully saturated rings. The molecule has 0 radical (unpaired) electrons. The minimum Gasteiger partial charge on any atom is -0.494 e. The minimum atomic E-state index is -0.296. The lowest BCUT2D eigenvalue weighted by atomic mass is 10.2. The Bertz CT molecular complexity index is 770. The maximum atomic E-state index is 12.1. The van der Waals surface area contributed by atoms with E-state index in [1.54, 1.807) is 6.07 Å². The largest absolute Gasteiger partial charge is 0.494 e. The summed E-state index contributed by atoms with van der Waals surface area (Å²) in [6.07, 6.45) is 3.01. The molecule has 0 unspecified atom stereocenters. The molecule has 1 amide bonds. The zero-order valence-electron chi connectivity index (χ0n) is 11.6. The van der Waals surface area contributed by atoms with Crippen molar-refractivity contribution in [2.75, 3.05) is 7.11 Å². The molecule has 3 heterocycles. The molecule has 0 saturated carbocycles. The van der Waals surface area contributed by atoms with Crippen molar-refractivity contribution in [3.63, 3.8) is 0 Å². The first-order valence-electron chi connectivity index (χ1n) is 6.40. The van der Waals surface area contributed by atoms with Crippen LogP contribution in [0.25, 0.3) is 10.8 Å². The summed E-state index contributed by atoms with van der Waals surface area (Å²) in [5, 5.41) is 12.5. The fourth-order valence-corrected chi connectivity index (χ4v) is 2.45. The predicted octanol–water partition coefficient (Wildman–Crippen LogP) is 2.13. The van der Waals surface area contributed by atoms with E-state index in [1.807, 2.05) is 17.5 Å². The number of amides is 1. The van der Waals surface area contributed by atoms with Gasteiger partial charge >= 0.3 is 0 Å². The second-order valence-corrected chi connectivity index (χ2v) is 5.18. The predicted molar refractivity (Wildman–Crippen MR) is 79.6 cm³/mol. The van der Waals surface area contributed by atoms with Crippen LogP contribution in [-0.2, 0) is 6.54 Å². The molecule has 0 spiro atoms. The van der Waals surface area contributed by atoms with Crippen molar-refractivity contribution < 1.29 is 13.9 Å². The first-order valence-corrected chi connectivity index (χ1v) is 7.28. The van der Waals surface area contributed by atoms with Crippen molar-refractivity contribution >= 4 is 17.2 Å². The molecule has 7 nitrogen and oxygen atoms in total. The molecule has 0 aliphatic heterocycles. The number of nitrogens with one attached hydrogen (secondary N) is 1. The molecular weight excluding hydrogens is 304 g/mol. The van der Waals surface area contributed by atoms with Crippen molar-refractivity contribution in [2.45, 2.75) is 6.54 Å². The van der Waals surface area contributed by atoms with Gasteiger partial charge in [0.05, 0.1) is 30.3 Å². The highest BCUT2D eigenvalue weighted by atomic mass is 32.1. The molecular formula is C14H12N4O3S. The fraction of sp³-hybridized carbons (Fsp3) is 0.143. The Kier molecular flexibility index (Phi) is 4.10. The zero-order valence-corrected chi connectivity index (χ0v) is 12.5. The zero-order chi connectivity index (χ0) is 15.4. The number of hydrogen-bond acceptors (Lipinski definition) is 7. The van der Waals surface area contributed by atoms with Gasteiger partial charge in [-0.05, 0) is 17.5 Å². The number of pyridine rings is 1. The first kappa shape index (κ1) is 14.2. The number of nitrogens with zero attached hydrogens (tertiary/aromatic N) is 3. The van der Waals surface area contributed by atoms with E-state index in [0.717, 1.165) is 4.88 Å². The molecule has 0 saturated heterocycles. The molecule has 0 atom stereocenters. The Balaban J connectivity index is 1.66. The highest BCUT2D eigenvalue weighted by molar-refractivity contribution is 7.13. The van der Waals surface area contributed by atoms with E-state index in [2.05, 4.69) is 20.5 Å². The van der Waals surface area contributed by atoms with Gasteiger partial charge in [-0.2, -0.15) is 0 Å². The van der Waals surface area contributed by atoms with Gasteiger partial charge in [0.25, 0.3) is 11.8 Å². The number of methoxy groups -OCH3 is 1. The molecule has 3 aromatic heterocycles. The maximum absolute atomic E-state index is 12.1. The molecule has 8 heteroatoms. The average molecular weight is 316 g/mol. The van der Waals surface area contributed by atoms with Crippen LogP contribution < -0.4 is 10.1 Å². The van der Waals surface area contributed by atoms with Crippen LogP contribution in [0.4, 0.5) is 0 Å². The molecule has 0 aliphatic rings. The smallest absolute Gasteiger partial charge is 0.257 e. The second kappa shape index (κ2) is 6.35. The van der Waals surface area contributed by atoms with Gasteiger partial charge in [-0.15, -0.1) is 21.5 Å². The molecule has 112 valence electrons. The number of carbonyl (C=O) groups is 1. The van der Waals surface area contributed by atoms with E-state index in [1.165, 1.54) is 30.8 Å². The topological polar surface area (TPSA) is 90.1 Å². The average Bonchev–Trinajstić information content (AvgIpc) is 3.23. The van der Waals surface area contributed by atoms with E-state index in [0.29, 0.717) is 23.1 Å². The summed E-state index contributed by atoms with van der Waals surface area (Å²) in [5.41, 5.74) is 0.399. The third-order valence-corrected chi connectivity index (χ3v) is 3.71. The van der Waals surface area contributed by atoms with Gasteiger partial charge in [-0.25, -0.2) is 0 Å². The maximum Gasteiger partial charge on any atom is 0.257 e. The summed E-state index contributed by atoms with van der Waals surface area (Å²) in [5.74, 6) is 0.894. The van der Waals surface area contributed by atoms with E-state index >= 15 is 0 Å². The van der Waals surface area contributed by atoms with Gasteiger partial charge in [0.2, 0.25) is 5.89 Å². The molecule has 0 aliphatic carbocycles. The lowest BCUT2D eigenvalue weighted by Crippen LogP contribution is -2.23. The van der Waals surface area contributed by atoms with Crippen LogP contribution in [0.2, 0.25) is 0 Å². The van der Waals surface area contributed by atoms with E-state index < -0.39 is 0 Å². The Morgan fingerprint density at radius 3 is 3.09 bits per heavy atom. The van der Waals surface area contributed by atoms with Crippen LogP contribution >= 0.6 is 11.3 Å². The van der Waals surface area contributed by atoms with E-state index in [-0.39, 0.29) is 12.5 Å². The summed E-state index contributed by atoms with van der Waals surface area (Å²) >= 11 is 1.51. The molecule has 0 bridgehead atoms. The number of hydrogen-bond donors (Lipinski definition) is 1. The SMILES string of the molecule is COc1cnccc1C(=O)NCc1nnc(-c2cccs2)o1. The molecule has 0 aromatic carbocycles. The summed E-state index contributed by atoms with van der Waals surface area (Å²) in [7, 11) is 1.49. The summed E-state index contributed by atoms with van der Waals surface area (Å²) in [4.78, 5) is 16.9. The summed E-state index contributed by atoms with van der Waals surface area (Å²) < 4.78 is 10.6. The summed E-state index contributed by atoms with van der Waals surface area (Å²) in [6.45, 7) is 0.142. The monoisotopic (exact) mass is 316 g/mol. The third-order valence-electron chi connectivity index (χ3n) is 2.85. The van der Waals surface area contributed by atoms with Crippen molar-refractivity contribution in [3.05, 3.63) is 47.4 Å². The molecule has 22 heavy (non-hydrogen) atoms. The highest BCUT2D eigenvalue weighted by Crippen LogP contribution is 2.23. The quantitative estimate of drug-likeness (QED) is 0.775. The Labute approximate surface area is 130 Å². The molecule has 3 rings (SSSR count). The minimum absolute atomic E-state index is 0.142. The van der Waals surface area contributed by atoms with Crippen molar-refractivity contribution in [1.29, 1.82) is 0 Å². The van der Waals surface area contributed by atoms with Gasteiger partial charge in [0.15, 0.2) is 0 Å². The van der Waals surface area contributed by atoms with Crippen LogP contribution in [-0.4, -0.2) is 28.2 Å². The third kappa shape index (κ3) is 2.96.